The Hall–Kier alpha value is -2.16. The molecule has 0 aromatic heterocycles. The van der Waals surface area contributed by atoms with Gasteiger partial charge in [-0.05, 0) is 43.7 Å². The smallest absolute Gasteiger partial charge is 0.256 e. The van der Waals surface area contributed by atoms with Crippen molar-refractivity contribution in [1.29, 1.82) is 0 Å². The summed E-state index contributed by atoms with van der Waals surface area (Å²) in [6.07, 6.45) is 5.25. The molecule has 1 atom stereocenters. The number of benzene rings is 1. The number of para-hydroxylation sites is 1. The Morgan fingerprint density at radius 1 is 1.03 bits per heavy atom. The third-order valence-electron chi connectivity index (χ3n) is 7.33. The van der Waals surface area contributed by atoms with Crippen LogP contribution in [0.1, 0.15) is 44.6 Å². The van der Waals surface area contributed by atoms with Crippen molar-refractivity contribution in [2.75, 3.05) is 72.2 Å². The maximum absolute atomic E-state index is 14.0. The lowest BCUT2D eigenvalue weighted by Gasteiger charge is -2.44. The molecule has 0 bridgehead atoms. The third-order valence-corrected chi connectivity index (χ3v) is 7.33. The van der Waals surface area contributed by atoms with E-state index in [9.17, 15) is 9.59 Å². The molecule has 0 saturated carbocycles. The molecule has 4 rings (SSSR count). The zero-order valence-corrected chi connectivity index (χ0v) is 21.2. The number of amides is 2. The van der Waals surface area contributed by atoms with Crippen LogP contribution in [0.3, 0.4) is 0 Å². The van der Waals surface area contributed by atoms with Gasteiger partial charge in [0.15, 0.2) is 5.60 Å². The van der Waals surface area contributed by atoms with Crippen LogP contribution < -0.4 is 4.74 Å². The van der Waals surface area contributed by atoms with Gasteiger partial charge in [0.2, 0.25) is 5.91 Å². The highest BCUT2D eigenvalue weighted by molar-refractivity contribution is 5.87. The summed E-state index contributed by atoms with van der Waals surface area (Å²) >= 11 is 0. The Kier molecular flexibility index (Phi) is 9.40. The standard InChI is InChI=1S/C27H41N3O5/c1-2-3-12-29-15-19-34-24-10-5-4-8-23(24)9-6-7-11-27(26(29)32)22-30(16-20-35-27)25(31)21-28-13-17-33-18-14-28/h4-5,8,10H,2-3,6-7,9,11-22H2,1H3. The molecule has 8 heteroatoms. The van der Waals surface area contributed by atoms with Crippen LogP contribution in [0.4, 0.5) is 0 Å². The zero-order valence-electron chi connectivity index (χ0n) is 21.2. The summed E-state index contributed by atoms with van der Waals surface area (Å²) in [7, 11) is 0. The van der Waals surface area contributed by atoms with Gasteiger partial charge < -0.3 is 24.0 Å². The second-order valence-corrected chi connectivity index (χ2v) is 9.86. The van der Waals surface area contributed by atoms with E-state index in [4.69, 9.17) is 14.2 Å². The number of morpholine rings is 2. The Labute approximate surface area is 209 Å². The molecule has 2 fully saturated rings. The van der Waals surface area contributed by atoms with Crippen LogP contribution in [0.25, 0.3) is 0 Å². The van der Waals surface area contributed by atoms with Crippen LogP contribution >= 0.6 is 0 Å². The van der Waals surface area contributed by atoms with E-state index in [0.717, 1.165) is 50.9 Å². The first-order chi connectivity index (χ1) is 17.1. The number of unbranched alkanes of at least 4 members (excludes halogenated alkanes) is 1. The van der Waals surface area contributed by atoms with Crippen molar-refractivity contribution in [2.45, 2.75) is 51.0 Å². The molecule has 0 N–H and O–H groups in total. The minimum Gasteiger partial charge on any atom is -0.491 e. The molecule has 1 aromatic rings. The maximum Gasteiger partial charge on any atom is 0.256 e. The predicted molar refractivity (Wildman–Crippen MR) is 134 cm³/mol. The molecule has 0 aliphatic carbocycles. The normalized spacial score (nSPS) is 24.9. The summed E-state index contributed by atoms with van der Waals surface area (Å²) in [5.41, 5.74) is 0.228. The van der Waals surface area contributed by atoms with E-state index in [-0.39, 0.29) is 11.8 Å². The van der Waals surface area contributed by atoms with E-state index >= 15 is 0 Å². The SMILES string of the molecule is CCCCN1CCOc2ccccc2CCCCC2(CN(C(=O)CN3CCOCC3)CCO2)C1=O. The van der Waals surface area contributed by atoms with E-state index in [1.165, 1.54) is 5.56 Å². The number of rotatable bonds is 5. The average Bonchev–Trinajstić information content (AvgIpc) is 2.89. The van der Waals surface area contributed by atoms with Crippen LogP contribution in [-0.4, -0.2) is 104 Å². The summed E-state index contributed by atoms with van der Waals surface area (Å²) < 4.78 is 17.9. The van der Waals surface area contributed by atoms with Gasteiger partial charge in [-0.1, -0.05) is 31.5 Å². The largest absolute Gasteiger partial charge is 0.491 e. The lowest BCUT2D eigenvalue weighted by molar-refractivity contribution is -0.177. The minimum atomic E-state index is -0.981. The van der Waals surface area contributed by atoms with Gasteiger partial charge in [-0.3, -0.25) is 14.5 Å². The molecule has 2 saturated heterocycles. The van der Waals surface area contributed by atoms with Gasteiger partial charge in [-0.15, -0.1) is 0 Å². The molecule has 8 nitrogen and oxygen atoms in total. The first-order valence-corrected chi connectivity index (χ1v) is 13.3. The van der Waals surface area contributed by atoms with Crippen molar-refractivity contribution in [3.63, 3.8) is 0 Å². The Morgan fingerprint density at radius 2 is 1.86 bits per heavy atom. The van der Waals surface area contributed by atoms with Crippen LogP contribution in [0, 0.1) is 0 Å². The van der Waals surface area contributed by atoms with Crippen LogP contribution in [0.15, 0.2) is 24.3 Å². The van der Waals surface area contributed by atoms with E-state index in [0.29, 0.717) is 65.6 Å². The molecule has 2 amide bonds. The fourth-order valence-corrected chi connectivity index (χ4v) is 5.23. The molecule has 35 heavy (non-hydrogen) atoms. The lowest BCUT2D eigenvalue weighted by atomic mass is 9.90. The molecule has 194 valence electrons. The summed E-state index contributed by atoms with van der Waals surface area (Å²) in [5, 5.41) is 0. The quantitative estimate of drug-likeness (QED) is 0.635. The number of fused-ring (bicyclic) bond motifs is 1. The molecule has 0 radical (unpaired) electrons. The van der Waals surface area contributed by atoms with E-state index in [2.05, 4.69) is 24.0 Å². The highest BCUT2D eigenvalue weighted by atomic mass is 16.5. The van der Waals surface area contributed by atoms with Crippen LogP contribution in [0.2, 0.25) is 0 Å². The van der Waals surface area contributed by atoms with E-state index in [1.54, 1.807) is 0 Å². The topological polar surface area (TPSA) is 71.6 Å². The van der Waals surface area contributed by atoms with Crippen LogP contribution in [-0.2, 0) is 25.5 Å². The average molecular weight is 488 g/mol. The number of carbonyl (C=O) groups excluding carboxylic acids is 2. The molecule has 3 aliphatic heterocycles. The number of ether oxygens (including phenoxy) is 3. The number of carbonyl (C=O) groups is 2. The predicted octanol–water partition coefficient (Wildman–Crippen LogP) is 2.35. The Morgan fingerprint density at radius 3 is 2.69 bits per heavy atom. The number of nitrogens with zero attached hydrogens (tertiary/aromatic N) is 3. The summed E-state index contributed by atoms with van der Waals surface area (Å²) in [6, 6.07) is 8.19. The first kappa shape index (κ1) is 25.9. The number of hydrogen-bond donors (Lipinski definition) is 0. The maximum atomic E-state index is 14.0. The summed E-state index contributed by atoms with van der Waals surface area (Å²) in [4.78, 5) is 33.1. The third kappa shape index (κ3) is 6.74. The van der Waals surface area contributed by atoms with E-state index in [1.807, 2.05) is 21.9 Å². The molecule has 1 spiro atoms. The molecule has 3 heterocycles. The van der Waals surface area contributed by atoms with Crippen molar-refractivity contribution in [1.82, 2.24) is 14.7 Å². The van der Waals surface area contributed by atoms with Gasteiger partial charge in [0.1, 0.15) is 12.4 Å². The molecule has 1 aromatic carbocycles. The lowest BCUT2D eigenvalue weighted by Crippen LogP contribution is -2.63. The van der Waals surface area contributed by atoms with Gasteiger partial charge in [0.25, 0.3) is 5.91 Å². The van der Waals surface area contributed by atoms with Gasteiger partial charge in [-0.2, -0.15) is 0 Å². The second kappa shape index (κ2) is 12.7. The number of aryl methyl sites for hydroxylation is 1. The Bertz CT molecular complexity index is 844. The van der Waals surface area contributed by atoms with Crippen molar-refractivity contribution >= 4 is 11.8 Å². The van der Waals surface area contributed by atoms with Crippen molar-refractivity contribution in [3.05, 3.63) is 29.8 Å². The van der Waals surface area contributed by atoms with Crippen molar-refractivity contribution < 1.29 is 23.8 Å². The molecule has 3 aliphatic rings. The summed E-state index contributed by atoms with van der Waals surface area (Å²) in [6.45, 7) is 8.26. The molecular formula is C27H41N3O5. The first-order valence-electron chi connectivity index (χ1n) is 13.3. The fourth-order valence-electron chi connectivity index (χ4n) is 5.23. The highest BCUT2D eigenvalue weighted by Crippen LogP contribution is 2.30. The van der Waals surface area contributed by atoms with Gasteiger partial charge >= 0.3 is 0 Å². The van der Waals surface area contributed by atoms with Gasteiger partial charge in [0.05, 0.1) is 39.5 Å². The zero-order chi connectivity index (χ0) is 24.5. The fraction of sp³-hybridized carbons (Fsp3) is 0.704. The van der Waals surface area contributed by atoms with Gasteiger partial charge in [0, 0.05) is 26.2 Å². The Balaban J connectivity index is 1.51. The number of hydrogen-bond acceptors (Lipinski definition) is 6. The van der Waals surface area contributed by atoms with E-state index < -0.39 is 5.60 Å². The van der Waals surface area contributed by atoms with Crippen molar-refractivity contribution in [2.24, 2.45) is 0 Å². The highest BCUT2D eigenvalue weighted by Gasteiger charge is 2.46. The second-order valence-electron chi connectivity index (χ2n) is 9.86. The van der Waals surface area contributed by atoms with Gasteiger partial charge in [-0.25, -0.2) is 0 Å². The minimum absolute atomic E-state index is 0.00674. The van der Waals surface area contributed by atoms with Crippen molar-refractivity contribution in [3.8, 4) is 5.75 Å². The molecule has 1 unspecified atom stereocenters. The summed E-state index contributed by atoms with van der Waals surface area (Å²) in [5.74, 6) is 0.998. The van der Waals surface area contributed by atoms with Crippen LogP contribution in [0.5, 0.6) is 5.75 Å². The monoisotopic (exact) mass is 487 g/mol. The molecular weight excluding hydrogens is 446 g/mol.